The minimum Gasteiger partial charge on any atom is -0.330 e. The van der Waals surface area contributed by atoms with Crippen molar-refractivity contribution in [2.24, 2.45) is 29.4 Å². The smallest absolute Gasteiger partial charge is 0.0624 e. The van der Waals surface area contributed by atoms with E-state index in [4.69, 9.17) is 10.8 Å². The van der Waals surface area contributed by atoms with Gasteiger partial charge >= 0.3 is 0 Å². The van der Waals surface area contributed by atoms with Gasteiger partial charge in [-0.25, -0.2) is 0 Å². The summed E-state index contributed by atoms with van der Waals surface area (Å²) in [7, 11) is 0. The van der Waals surface area contributed by atoms with Gasteiger partial charge in [-0.15, -0.1) is 0 Å². The van der Waals surface area contributed by atoms with Crippen molar-refractivity contribution in [3.63, 3.8) is 0 Å². The van der Waals surface area contributed by atoms with Gasteiger partial charge in [-0.2, -0.15) is 5.10 Å². The van der Waals surface area contributed by atoms with E-state index in [1.54, 1.807) is 0 Å². The molecule has 1 aromatic heterocycles. The number of aromatic nitrogens is 2. The molecule has 0 aliphatic heterocycles. The first-order valence-corrected chi connectivity index (χ1v) is 8.84. The molecule has 0 saturated heterocycles. The average molecular weight is 291 g/mol. The average Bonchev–Trinajstić information content (AvgIpc) is 2.89. The molecule has 1 saturated carbocycles. The molecule has 0 spiro atoms. The quantitative estimate of drug-likeness (QED) is 0.869. The van der Waals surface area contributed by atoms with Gasteiger partial charge in [0.25, 0.3) is 0 Å². The lowest BCUT2D eigenvalue weighted by Crippen LogP contribution is -2.33. The summed E-state index contributed by atoms with van der Waals surface area (Å²) in [5.41, 5.74) is 8.70. The molecule has 3 unspecified atom stereocenters. The molecular weight excluding hydrogens is 258 g/mol. The number of hydrogen-bond acceptors (Lipinski definition) is 2. The molecular formula is C18H33N3. The molecule has 2 rings (SSSR count). The lowest BCUT2D eigenvalue weighted by Gasteiger charge is -2.37. The van der Waals surface area contributed by atoms with E-state index in [1.807, 2.05) is 0 Å². The third-order valence-electron chi connectivity index (χ3n) is 5.47. The number of rotatable bonds is 6. The molecule has 3 atom stereocenters. The summed E-state index contributed by atoms with van der Waals surface area (Å²) in [6.07, 6.45) is 6.20. The number of nitrogens with two attached hydrogens (primary N) is 1. The van der Waals surface area contributed by atoms with E-state index in [0.29, 0.717) is 5.92 Å². The van der Waals surface area contributed by atoms with Crippen LogP contribution in [0.25, 0.3) is 0 Å². The molecule has 3 nitrogen and oxygen atoms in total. The van der Waals surface area contributed by atoms with Crippen LogP contribution in [0.4, 0.5) is 0 Å². The summed E-state index contributed by atoms with van der Waals surface area (Å²) in [6.45, 7) is 10.9. The van der Waals surface area contributed by atoms with Gasteiger partial charge in [0.15, 0.2) is 0 Å². The van der Waals surface area contributed by atoms with E-state index in [2.05, 4.69) is 38.4 Å². The molecule has 21 heavy (non-hydrogen) atoms. The highest BCUT2D eigenvalue weighted by atomic mass is 15.3. The van der Waals surface area contributed by atoms with E-state index in [0.717, 1.165) is 43.7 Å². The Bertz CT molecular complexity index is 436. The summed E-state index contributed by atoms with van der Waals surface area (Å²) >= 11 is 0. The Kier molecular flexibility index (Phi) is 5.86. The van der Waals surface area contributed by atoms with Gasteiger partial charge in [-0.3, -0.25) is 4.68 Å². The summed E-state index contributed by atoms with van der Waals surface area (Å²) < 4.78 is 2.20. The molecule has 0 aromatic carbocycles. The minimum atomic E-state index is 0.699. The fraction of sp³-hybridized carbons (Fsp3) is 0.833. The van der Waals surface area contributed by atoms with Gasteiger partial charge in [-0.1, -0.05) is 20.8 Å². The summed E-state index contributed by atoms with van der Waals surface area (Å²) in [5, 5.41) is 4.70. The van der Waals surface area contributed by atoms with Gasteiger partial charge in [0.2, 0.25) is 0 Å². The predicted octanol–water partition coefficient (Wildman–Crippen LogP) is 3.66. The van der Waals surface area contributed by atoms with Crippen molar-refractivity contribution < 1.29 is 0 Å². The number of nitrogens with zero attached hydrogens (tertiary/aromatic N) is 2. The van der Waals surface area contributed by atoms with Gasteiger partial charge in [0, 0.05) is 12.2 Å². The fourth-order valence-electron chi connectivity index (χ4n) is 3.92. The van der Waals surface area contributed by atoms with Crippen LogP contribution in [0.1, 0.15) is 58.3 Å². The van der Waals surface area contributed by atoms with Crippen LogP contribution >= 0.6 is 0 Å². The normalized spacial score (nSPS) is 26.5. The second-order valence-corrected chi connectivity index (χ2v) is 7.07. The van der Waals surface area contributed by atoms with Gasteiger partial charge in [0.1, 0.15) is 0 Å². The molecule has 0 radical (unpaired) electrons. The molecule has 0 amide bonds. The Morgan fingerprint density at radius 1 is 1.29 bits per heavy atom. The van der Waals surface area contributed by atoms with Crippen LogP contribution in [0.3, 0.4) is 0 Å². The van der Waals surface area contributed by atoms with Crippen molar-refractivity contribution in [2.45, 2.75) is 66.3 Å². The van der Waals surface area contributed by atoms with Crippen molar-refractivity contribution in [1.82, 2.24) is 9.78 Å². The largest absolute Gasteiger partial charge is 0.330 e. The van der Waals surface area contributed by atoms with Gasteiger partial charge in [0.05, 0.1) is 5.69 Å². The monoisotopic (exact) mass is 291 g/mol. The highest BCUT2D eigenvalue weighted by Crippen LogP contribution is 2.38. The van der Waals surface area contributed by atoms with Crippen LogP contribution in [-0.4, -0.2) is 16.3 Å². The second-order valence-electron chi connectivity index (χ2n) is 7.07. The van der Waals surface area contributed by atoms with Crippen molar-refractivity contribution in [3.05, 3.63) is 17.5 Å². The molecule has 1 fully saturated rings. The third-order valence-corrected chi connectivity index (χ3v) is 5.47. The first-order valence-electron chi connectivity index (χ1n) is 8.84. The molecule has 1 aliphatic carbocycles. The van der Waals surface area contributed by atoms with E-state index in [-0.39, 0.29) is 0 Å². The van der Waals surface area contributed by atoms with Crippen molar-refractivity contribution >= 4 is 0 Å². The Balaban J connectivity index is 2.12. The molecule has 0 bridgehead atoms. The zero-order valence-corrected chi connectivity index (χ0v) is 14.3. The predicted molar refractivity (Wildman–Crippen MR) is 89.2 cm³/mol. The Morgan fingerprint density at radius 2 is 2.05 bits per heavy atom. The topological polar surface area (TPSA) is 43.8 Å². The zero-order valence-electron chi connectivity index (χ0n) is 14.3. The molecule has 3 heteroatoms. The summed E-state index contributed by atoms with van der Waals surface area (Å²) in [6, 6.07) is 2.32. The lowest BCUT2D eigenvalue weighted by atomic mass is 9.69. The van der Waals surface area contributed by atoms with Crippen LogP contribution < -0.4 is 5.73 Å². The molecule has 2 N–H and O–H groups in total. The third kappa shape index (κ3) is 3.88. The Morgan fingerprint density at radius 3 is 2.62 bits per heavy atom. The maximum Gasteiger partial charge on any atom is 0.0624 e. The standard InChI is InChI=1S/C18H33N3/c1-5-17-11-18(21(6-2)20-17)10-16-9-14(13(3)4)7-8-15(16)12-19/h11,13-16H,5-10,12,19H2,1-4H3. The van der Waals surface area contributed by atoms with Crippen LogP contribution in [0.15, 0.2) is 6.07 Å². The molecule has 120 valence electrons. The zero-order chi connectivity index (χ0) is 15.4. The van der Waals surface area contributed by atoms with Crippen LogP contribution in [-0.2, 0) is 19.4 Å². The summed E-state index contributed by atoms with van der Waals surface area (Å²) in [4.78, 5) is 0. The summed E-state index contributed by atoms with van der Waals surface area (Å²) in [5.74, 6) is 3.11. The maximum atomic E-state index is 6.05. The second kappa shape index (κ2) is 7.44. The van der Waals surface area contributed by atoms with E-state index >= 15 is 0 Å². The van der Waals surface area contributed by atoms with Gasteiger partial charge < -0.3 is 5.73 Å². The fourth-order valence-corrected chi connectivity index (χ4v) is 3.92. The first-order chi connectivity index (χ1) is 10.1. The van der Waals surface area contributed by atoms with Gasteiger partial charge in [-0.05, 0) is 75.3 Å². The number of hydrogen-bond donors (Lipinski definition) is 1. The highest BCUT2D eigenvalue weighted by molar-refractivity contribution is 5.12. The highest BCUT2D eigenvalue weighted by Gasteiger charge is 2.31. The van der Waals surface area contributed by atoms with Crippen LogP contribution in [0.2, 0.25) is 0 Å². The molecule has 1 aliphatic rings. The molecule has 1 heterocycles. The lowest BCUT2D eigenvalue weighted by molar-refractivity contribution is 0.149. The van der Waals surface area contributed by atoms with E-state index in [9.17, 15) is 0 Å². The maximum absolute atomic E-state index is 6.05. The Hall–Kier alpha value is -0.830. The molecule has 1 aromatic rings. The van der Waals surface area contributed by atoms with Crippen molar-refractivity contribution in [3.8, 4) is 0 Å². The number of aryl methyl sites for hydroxylation is 2. The van der Waals surface area contributed by atoms with Crippen molar-refractivity contribution in [1.29, 1.82) is 0 Å². The van der Waals surface area contributed by atoms with E-state index in [1.165, 1.54) is 30.7 Å². The Labute approximate surface area is 130 Å². The SMILES string of the molecule is CCc1cc(CC2CC(C(C)C)CCC2CN)n(CC)n1. The minimum absolute atomic E-state index is 0.699. The van der Waals surface area contributed by atoms with Crippen molar-refractivity contribution in [2.75, 3.05) is 6.54 Å². The van der Waals surface area contributed by atoms with Crippen LogP contribution in [0.5, 0.6) is 0 Å². The van der Waals surface area contributed by atoms with Crippen LogP contribution in [0, 0.1) is 23.7 Å². The first kappa shape index (κ1) is 16.5. The van der Waals surface area contributed by atoms with E-state index < -0.39 is 0 Å².